The van der Waals surface area contributed by atoms with Gasteiger partial charge in [0.1, 0.15) is 12.4 Å². The molecule has 0 aliphatic carbocycles. The van der Waals surface area contributed by atoms with Crippen LogP contribution in [0.15, 0.2) is 72.7 Å². The van der Waals surface area contributed by atoms with Gasteiger partial charge in [0.25, 0.3) is 0 Å². The van der Waals surface area contributed by atoms with E-state index in [0.717, 1.165) is 0 Å². The summed E-state index contributed by atoms with van der Waals surface area (Å²) in [5.74, 6) is -0.540. The molecule has 0 saturated carbocycles. The molecule has 10 heteroatoms. The third-order valence-electron chi connectivity index (χ3n) is 4.06. The lowest BCUT2D eigenvalue weighted by molar-refractivity contribution is -0.417. The minimum atomic E-state index is -0.952. The van der Waals surface area contributed by atoms with Crippen molar-refractivity contribution >= 4 is 52.0 Å². The number of nitro groups is 1. The fourth-order valence-corrected chi connectivity index (χ4v) is 3.40. The summed E-state index contributed by atoms with van der Waals surface area (Å²) in [5.41, 5.74) is -0.206. The second-order valence-electron chi connectivity index (χ2n) is 6.14. The molecule has 0 radical (unpaired) electrons. The lowest BCUT2D eigenvalue weighted by atomic mass is 10.0. The van der Waals surface area contributed by atoms with Crippen LogP contribution in [0.2, 0.25) is 15.1 Å². The average Bonchev–Trinajstić information content (AvgIpc) is 2.72. The molecular formula is C21H14Cl3N3O4. The number of pyridine rings is 1. The summed E-state index contributed by atoms with van der Waals surface area (Å²) in [7, 11) is 0. The molecule has 7 nitrogen and oxygen atoms in total. The molecule has 0 unspecified atom stereocenters. The van der Waals surface area contributed by atoms with E-state index in [-0.39, 0.29) is 22.8 Å². The number of halogens is 3. The van der Waals surface area contributed by atoms with Crippen molar-refractivity contribution in [1.29, 1.82) is 0 Å². The van der Waals surface area contributed by atoms with E-state index in [1.165, 1.54) is 36.7 Å². The summed E-state index contributed by atoms with van der Waals surface area (Å²) in [6, 6.07) is 13.9. The predicted molar refractivity (Wildman–Crippen MR) is 120 cm³/mol. The monoisotopic (exact) mass is 477 g/mol. The standard InChI is InChI=1S/C21H14Cl3N3O4/c22-13-2-1-3-15(10-13)26-21(28)20(27(29)30)18(12-31-16-6-8-25-9-7-16)17-5-4-14(23)11-19(17)24/h1-11H,12H2,(H,26,28). The summed E-state index contributed by atoms with van der Waals surface area (Å²) in [6.07, 6.45) is 3.02. The molecule has 31 heavy (non-hydrogen) atoms. The number of anilines is 1. The van der Waals surface area contributed by atoms with Crippen molar-refractivity contribution in [1.82, 2.24) is 4.98 Å². The molecule has 1 N–H and O–H groups in total. The van der Waals surface area contributed by atoms with Gasteiger partial charge in [-0.3, -0.25) is 19.9 Å². The highest BCUT2D eigenvalue weighted by atomic mass is 35.5. The Bertz CT molecular complexity index is 1150. The van der Waals surface area contributed by atoms with Crippen LogP contribution >= 0.6 is 34.8 Å². The molecule has 0 bridgehead atoms. The molecular weight excluding hydrogens is 465 g/mol. The summed E-state index contributed by atoms with van der Waals surface area (Å²) in [5, 5.41) is 15.3. The second-order valence-corrected chi connectivity index (χ2v) is 7.42. The first-order valence-electron chi connectivity index (χ1n) is 8.78. The first-order valence-corrected chi connectivity index (χ1v) is 9.91. The minimum absolute atomic E-state index is 0.0250. The Kier molecular flexibility index (Phi) is 7.46. The van der Waals surface area contributed by atoms with Crippen molar-refractivity contribution in [2.45, 2.75) is 0 Å². The number of amides is 1. The van der Waals surface area contributed by atoms with Gasteiger partial charge in [0.2, 0.25) is 0 Å². The number of hydrogen-bond donors (Lipinski definition) is 1. The average molecular weight is 479 g/mol. The van der Waals surface area contributed by atoms with E-state index in [9.17, 15) is 14.9 Å². The summed E-state index contributed by atoms with van der Waals surface area (Å²) in [6.45, 7) is -0.301. The fraction of sp³-hybridized carbons (Fsp3) is 0.0476. The number of rotatable bonds is 7. The van der Waals surface area contributed by atoms with Gasteiger partial charge >= 0.3 is 11.6 Å². The van der Waals surface area contributed by atoms with Crippen LogP contribution in [0.4, 0.5) is 5.69 Å². The van der Waals surface area contributed by atoms with Crippen LogP contribution in [0.25, 0.3) is 5.57 Å². The normalized spacial score (nSPS) is 11.5. The maximum absolute atomic E-state index is 12.9. The van der Waals surface area contributed by atoms with E-state index in [1.807, 2.05) is 0 Å². The molecule has 1 amide bonds. The van der Waals surface area contributed by atoms with Crippen molar-refractivity contribution in [3.63, 3.8) is 0 Å². The molecule has 1 aromatic heterocycles. The van der Waals surface area contributed by atoms with E-state index in [2.05, 4.69) is 10.3 Å². The second kappa shape index (κ2) is 10.3. The number of ether oxygens (including phenoxy) is 1. The van der Waals surface area contributed by atoms with Gasteiger partial charge in [-0.25, -0.2) is 0 Å². The highest BCUT2D eigenvalue weighted by Gasteiger charge is 2.30. The maximum atomic E-state index is 12.9. The number of aromatic nitrogens is 1. The number of carbonyl (C=O) groups excluding carboxylic acids is 1. The molecule has 0 aliphatic heterocycles. The minimum Gasteiger partial charge on any atom is -0.489 e. The summed E-state index contributed by atoms with van der Waals surface area (Å²) >= 11 is 18.2. The highest BCUT2D eigenvalue weighted by molar-refractivity contribution is 6.36. The van der Waals surface area contributed by atoms with Crippen LogP contribution in [0.3, 0.4) is 0 Å². The Morgan fingerprint density at radius 3 is 2.39 bits per heavy atom. The Labute approximate surface area is 192 Å². The largest absolute Gasteiger partial charge is 0.489 e. The lowest BCUT2D eigenvalue weighted by Gasteiger charge is -2.13. The maximum Gasteiger partial charge on any atom is 0.341 e. The molecule has 1 heterocycles. The third kappa shape index (κ3) is 5.95. The zero-order valence-corrected chi connectivity index (χ0v) is 18.0. The van der Waals surface area contributed by atoms with E-state index < -0.39 is 16.5 Å². The first-order chi connectivity index (χ1) is 14.8. The molecule has 158 valence electrons. The van der Waals surface area contributed by atoms with Gasteiger partial charge in [-0.15, -0.1) is 0 Å². The molecule has 0 aliphatic rings. The number of benzene rings is 2. The van der Waals surface area contributed by atoms with E-state index >= 15 is 0 Å². The highest BCUT2D eigenvalue weighted by Crippen LogP contribution is 2.30. The number of carbonyl (C=O) groups is 1. The van der Waals surface area contributed by atoms with Crippen molar-refractivity contribution < 1.29 is 14.5 Å². The van der Waals surface area contributed by atoms with Gasteiger partial charge in [0, 0.05) is 38.7 Å². The smallest absolute Gasteiger partial charge is 0.341 e. The van der Waals surface area contributed by atoms with Crippen LogP contribution in [-0.4, -0.2) is 22.4 Å². The van der Waals surface area contributed by atoms with Gasteiger partial charge in [-0.1, -0.05) is 46.9 Å². The first kappa shape index (κ1) is 22.6. The van der Waals surface area contributed by atoms with Crippen LogP contribution in [-0.2, 0) is 4.79 Å². The molecule has 0 spiro atoms. The number of nitrogens with one attached hydrogen (secondary N) is 1. The van der Waals surface area contributed by atoms with Crippen molar-refractivity contribution in [2.75, 3.05) is 11.9 Å². The number of hydrogen-bond acceptors (Lipinski definition) is 5. The topological polar surface area (TPSA) is 94.4 Å². The predicted octanol–water partition coefficient (Wildman–Crippen LogP) is 5.75. The van der Waals surface area contributed by atoms with Crippen LogP contribution in [0, 0.1) is 10.1 Å². The quantitative estimate of drug-likeness (QED) is 0.265. The molecule has 0 atom stereocenters. The molecule has 3 aromatic rings. The molecule has 2 aromatic carbocycles. The van der Waals surface area contributed by atoms with Crippen LogP contribution < -0.4 is 10.1 Å². The van der Waals surface area contributed by atoms with Gasteiger partial charge < -0.3 is 10.1 Å². The zero-order chi connectivity index (χ0) is 22.4. The van der Waals surface area contributed by atoms with Crippen molar-refractivity contribution in [3.8, 4) is 5.75 Å². The Morgan fingerprint density at radius 1 is 1.03 bits per heavy atom. The van der Waals surface area contributed by atoms with Crippen LogP contribution in [0.1, 0.15) is 5.56 Å². The van der Waals surface area contributed by atoms with Crippen LogP contribution in [0.5, 0.6) is 5.75 Å². The van der Waals surface area contributed by atoms with Crippen molar-refractivity contribution in [3.05, 3.63) is 103 Å². The van der Waals surface area contributed by atoms with Gasteiger partial charge in [0.05, 0.1) is 10.5 Å². The van der Waals surface area contributed by atoms with Gasteiger partial charge in [-0.2, -0.15) is 0 Å². The van der Waals surface area contributed by atoms with Gasteiger partial charge in [-0.05, 0) is 42.5 Å². The zero-order valence-electron chi connectivity index (χ0n) is 15.7. The SMILES string of the molecule is O=C(Nc1cccc(Cl)c1)C(=C(COc1ccncc1)c1ccc(Cl)cc1Cl)[N+](=O)[O-]. The Morgan fingerprint density at radius 2 is 1.74 bits per heavy atom. The Balaban J connectivity index is 2.06. The van der Waals surface area contributed by atoms with E-state index in [1.54, 1.807) is 30.3 Å². The Hall–Kier alpha value is -3.13. The van der Waals surface area contributed by atoms with Crippen molar-refractivity contribution in [2.24, 2.45) is 0 Å². The third-order valence-corrected chi connectivity index (χ3v) is 4.84. The van der Waals surface area contributed by atoms with E-state index in [4.69, 9.17) is 39.5 Å². The van der Waals surface area contributed by atoms with E-state index in [0.29, 0.717) is 21.5 Å². The molecule has 0 saturated heterocycles. The summed E-state index contributed by atoms with van der Waals surface area (Å²) in [4.78, 5) is 27.9. The fourth-order valence-electron chi connectivity index (χ4n) is 2.68. The molecule has 0 fully saturated rings. The summed E-state index contributed by atoms with van der Waals surface area (Å²) < 4.78 is 5.66. The van der Waals surface area contributed by atoms with Gasteiger partial charge in [0.15, 0.2) is 0 Å². The lowest BCUT2D eigenvalue weighted by Crippen LogP contribution is -2.23. The number of nitrogens with zero attached hydrogens (tertiary/aromatic N) is 2. The molecule has 3 rings (SSSR count).